The molecule has 140 valence electrons. The van der Waals surface area contributed by atoms with Gasteiger partial charge >= 0.3 is 0 Å². The van der Waals surface area contributed by atoms with Gasteiger partial charge in [-0.2, -0.15) is 0 Å². The van der Waals surface area contributed by atoms with Crippen molar-refractivity contribution >= 4 is 21.5 Å². The summed E-state index contributed by atoms with van der Waals surface area (Å²) in [7, 11) is -3.11. The number of nitrogens with zero attached hydrogens (tertiary/aromatic N) is 1. The van der Waals surface area contributed by atoms with Crippen LogP contribution < -0.4 is 15.8 Å². The molecule has 7 heteroatoms. The summed E-state index contributed by atoms with van der Waals surface area (Å²) in [6.45, 7) is 4.25. The predicted octanol–water partition coefficient (Wildman–Crippen LogP) is 2.95. The van der Waals surface area contributed by atoms with Gasteiger partial charge in [-0.3, -0.25) is 0 Å². The lowest BCUT2D eigenvalue weighted by atomic mass is 10.1. The Kier molecular flexibility index (Phi) is 6.63. The minimum absolute atomic E-state index is 0.0106. The number of nitrogens with two attached hydrogens (primary N) is 1. The summed E-state index contributed by atoms with van der Waals surface area (Å²) in [5.74, 6) is 1.04. The molecular formula is C19H25N3O3S. The molecule has 0 amide bonds. The van der Waals surface area contributed by atoms with E-state index in [4.69, 9.17) is 10.5 Å². The molecule has 26 heavy (non-hydrogen) atoms. The smallest absolute Gasteiger partial charge is 0.193 e. The van der Waals surface area contributed by atoms with Crippen LogP contribution in [0.4, 0.5) is 5.69 Å². The summed E-state index contributed by atoms with van der Waals surface area (Å²) in [5.41, 5.74) is 8.31. The molecule has 0 bridgehead atoms. The van der Waals surface area contributed by atoms with Crippen LogP contribution in [0.1, 0.15) is 25.0 Å². The van der Waals surface area contributed by atoms with Gasteiger partial charge in [0.1, 0.15) is 5.75 Å². The van der Waals surface area contributed by atoms with E-state index in [-0.39, 0.29) is 17.8 Å². The molecule has 0 aromatic heterocycles. The molecule has 0 saturated heterocycles. The zero-order valence-electron chi connectivity index (χ0n) is 15.3. The summed E-state index contributed by atoms with van der Waals surface area (Å²) in [6, 6.07) is 14.8. The van der Waals surface area contributed by atoms with Gasteiger partial charge in [0.25, 0.3) is 0 Å². The van der Waals surface area contributed by atoms with Gasteiger partial charge in [0, 0.05) is 11.9 Å². The van der Waals surface area contributed by atoms with Crippen molar-refractivity contribution < 1.29 is 13.2 Å². The maximum absolute atomic E-state index is 11.5. The topological polar surface area (TPSA) is 93.8 Å². The molecule has 0 radical (unpaired) electrons. The Morgan fingerprint density at radius 2 is 1.73 bits per heavy atom. The van der Waals surface area contributed by atoms with Crippen LogP contribution in [0.25, 0.3) is 0 Å². The number of anilines is 1. The van der Waals surface area contributed by atoms with Crippen LogP contribution >= 0.6 is 0 Å². The van der Waals surface area contributed by atoms with E-state index in [1.165, 1.54) is 6.26 Å². The highest BCUT2D eigenvalue weighted by atomic mass is 32.2. The van der Waals surface area contributed by atoms with E-state index in [2.05, 4.69) is 10.3 Å². The SMILES string of the molecule is CC(C)Oc1ccc(NC(N)=NCc2ccccc2CS(C)(=O)=O)cc1. The van der Waals surface area contributed by atoms with E-state index >= 15 is 0 Å². The van der Waals surface area contributed by atoms with E-state index in [0.29, 0.717) is 6.54 Å². The molecule has 2 aromatic carbocycles. The van der Waals surface area contributed by atoms with Gasteiger partial charge in [-0.1, -0.05) is 24.3 Å². The van der Waals surface area contributed by atoms with Crippen molar-refractivity contribution in [3.8, 4) is 5.75 Å². The van der Waals surface area contributed by atoms with Crippen LogP contribution in [0, 0.1) is 0 Å². The lowest BCUT2D eigenvalue weighted by Crippen LogP contribution is -2.22. The molecule has 0 atom stereocenters. The monoisotopic (exact) mass is 375 g/mol. The van der Waals surface area contributed by atoms with E-state index in [1.54, 1.807) is 6.07 Å². The summed E-state index contributed by atoms with van der Waals surface area (Å²) >= 11 is 0. The third-order valence-electron chi connectivity index (χ3n) is 3.45. The number of sulfone groups is 1. The Hall–Kier alpha value is -2.54. The largest absolute Gasteiger partial charge is 0.491 e. The van der Waals surface area contributed by atoms with Crippen LogP contribution in [0.3, 0.4) is 0 Å². The second kappa shape index (κ2) is 8.71. The molecule has 6 nitrogen and oxygen atoms in total. The van der Waals surface area contributed by atoms with Crippen molar-refractivity contribution in [3.63, 3.8) is 0 Å². The lowest BCUT2D eigenvalue weighted by Gasteiger charge is -2.11. The Labute approximate surface area is 155 Å². The number of hydrogen-bond donors (Lipinski definition) is 2. The predicted molar refractivity (Wildman–Crippen MR) is 106 cm³/mol. The van der Waals surface area contributed by atoms with Gasteiger partial charge in [0.15, 0.2) is 15.8 Å². The van der Waals surface area contributed by atoms with Crippen molar-refractivity contribution in [2.75, 3.05) is 11.6 Å². The summed E-state index contributed by atoms with van der Waals surface area (Å²) in [6.07, 6.45) is 1.34. The third kappa shape index (κ3) is 6.76. The highest BCUT2D eigenvalue weighted by Crippen LogP contribution is 2.17. The first-order valence-corrected chi connectivity index (χ1v) is 10.4. The average molecular weight is 375 g/mol. The number of aliphatic imine (C=N–C) groups is 1. The number of guanidine groups is 1. The van der Waals surface area contributed by atoms with Crippen molar-refractivity contribution in [3.05, 3.63) is 59.7 Å². The minimum Gasteiger partial charge on any atom is -0.491 e. The second-order valence-corrected chi connectivity index (χ2v) is 8.50. The molecule has 3 N–H and O–H groups in total. The number of nitrogens with one attached hydrogen (secondary N) is 1. The second-order valence-electron chi connectivity index (χ2n) is 6.36. The Bertz CT molecular complexity index is 860. The molecule has 0 heterocycles. The van der Waals surface area contributed by atoms with Gasteiger partial charge in [0.05, 0.1) is 18.4 Å². The summed E-state index contributed by atoms with van der Waals surface area (Å²) < 4.78 is 28.7. The molecule has 0 aliphatic rings. The molecule has 0 saturated carbocycles. The minimum atomic E-state index is -3.11. The van der Waals surface area contributed by atoms with E-state index < -0.39 is 9.84 Å². The molecule has 0 fully saturated rings. The maximum atomic E-state index is 11.5. The van der Waals surface area contributed by atoms with Gasteiger partial charge in [-0.05, 0) is 49.2 Å². The van der Waals surface area contributed by atoms with E-state index in [0.717, 1.165) is 22.6 Å². The molecule has 2 aromatic rings. The molecule has 0 unspecified atom stereocenters. The number of rotatable bonds is 7. The molecule has 0 aliphatic heterocycles. The van der Waals surface area contributed by atoms with Gasteiger partial charge in [0.2, 0.25) is 0 Å². The third-order valence-corrected chi connectivity index (χ3v) is 4.29. The maximum Gasteiger partial charge on any atom is 0.193 e. The molecule has 0 aliphatic carbocycles. The lowest BCUT2D eigenvalue weighted by molar-refractivity contribution is 0.242. The summed E-state index contributed by atoms with van der Waals surface area (Å²) in [4.78, 5) is 4.31. The normalized spacial score (nSPS) is 12.2. The molecular weight excluding hydrogens is 350 g/mol. The van der Waals surface area contributed by atoms with Gasteiger partial charge < -0.3 is 15.8 Å². The number of ether oxygens (including phenoxy) is 1. The van der Waals surface area contributed by atoms with Crippen LogP contribution in [0.15, 0.2) is 53.5 Å². The van der Waals surface area contributed by atoms with Gasteiger partial charge in [-0.15, -0.1) is 0 Å². The highest BCUT2D eigenvalue weighted by molar-refractivity contribution is 7.89. The van der Waals surface area contributed by atoms with Crippen molar-refractivity contribution in [2.45, 2.75) is 32.2 Å². The number of hydrogen-bond acceptors (Lipinski definition) is 4. The zero-order chi connectivity index (χ0) is 19.2. The van der Waals surface area contributed by atoms with Crippen molar-refractivity contribution in [1.29, 1.82) is 0 Å². The fourth-order valence-corrected chi connectivity index (χ4v) is 3.23. The number of benzene rings is 2. The van der Waals surface area contributed by atoms with Crippen molar-refractivity contribution in [2.24, 2.45) is 10.7 Å². The van der Waals surface area contributed by atoms with E-state index in [9.17, 15) is 8.42 Å². The first-order chi connectivity index (χ1) is 12.2. The Balaban J connectivity index is 2.02. The Morgan fingerprint density at radius 3 is 2.31 bits per heavy atom. The zero-order valence-corrected chi connectivity index (χ0v) is 16.1. The fourth-order valence-electron chi connectivity index (χ4n) is 2.38. The highest BCUT2D eigenvalue weighted by Gasteiger charge is 2.08. The first-order valence-electron chi connectivity index (χ1n) is 8.31. The van der Waals surface area contributed by atoms with Crippen LogP contribution in [-0.2, 0) is 22.1 Å². The van der Waals surface area contributed by atoms with E-state index in [1.807, 2.05) is 56.3 Å². The first kappa shape index (κ1) is 19.8. The Morgan fingerprint density at radius 1 is 1.12 bits per heavy atom. The van der Waals surface area contributed by atoms with Crippen LogP contribution in [0.2, 0.25) is 0 Å². The van der Waals surface area contributed by atoms with Crippen LogP contribution in [-0.4, -0.2) is 26.7 Å². The average Bonchev–Trinajstić information content (AvgIpc) is 2.54. The standard InChI is InChI=1S/C19H25N3O3S/c1-14(2)25-18-10-8-17(9-11-18)22-19(20)21-12-15-6-4-5-7-16(15)13-26(3,23)24/h4-11,14H,12-13H2,1-3H3,(H3,20,21,22). The van der Waals surface area contributed by atoms with Crippen molar-refractivity contribution in [1.82, 2.24) is 0 Å². The molecule has 0 spiro atoms. The quantitative estimate of drug-likeness (QED) is 0.573. The van der Waals surface area contributed by atoms with Crippen LogP contribution in [0.5, 0.6) is 5.75 Å². The summed E-state index contributed by atoms with van der Waals surface area (Å²) in [5, 5.41) is 3.01. The molecule has 2 rings (SSSR count). The van der Waals surface area contributed by atoms with Gasteiger partial charge in [-0.25, -0.2) is 13.4 Å². The fraction of sp³-hybridized carbons (Fsp3) is 0.316.